The van der Waals surface area contributed by atoms with Gasteiger partial charge in [0.2, 0.25) is 0 Å². The number of amides is 2. The van der Waals surface area contributed by atoms with Gasteiger partial charge in [-0.25, -0.2) is 4.98 Å². The Morgan fingerprint density at radius 3 is 2.17 bits per heavy atom. The third kappa shape index (κ3) is 5.50. The van der Waals surface area contributed by atoms with Gasteiger partial charge in [-0.3, -0.25) is 9.59 Å². The SMILES string of the molecule is CC(C)CNC(=O)c1cccc(C(=O)NCCc2ccccc2)n1. The Bertz CT molecular complexity index is 684. The molecule has 0 atom stereocenters. The van der Waals surface area contributed by atoms with Crippen LogP contribution < -0.4 is 10.6 Å². The van der Waals surface area contributed by atoms with Gasteiger partial charge in [-0.1, -0.05) is 50.2 Å². The molecular weight excluding hydrogens is 302 g/mol. The molecule has 1 heterocycles. The first kappa shape index (κ1) is 17.7. The van der Waals surface area contributed by atoms with Crippen LogP contribution in [0.3, 0.4) is 0 Å². The van der Waals surface area contributed by atoms with Crippen LogP contribution in [-0.2, 0) is 6.42 Å². The average molecular weight is 325 g/mol. The Kier molecular flexibility index (Phi) is 6.49. The maximum Gasteiger partial charge on any atom is 0.269 e. The first-order chi connectivity index (χ1) is 11.6. The Morgan fingerprint density at radius 1 is 0.917 bits per heavy atom. The standard InChI is InChI=1S/C19H23N3O2/c1-14(2)13-21-19(24)17-10-6-9-16(22-17)18(23)20-12-11-15-7-4-3-5-8-15/h3-10,14H,11-13H2,1-2H3,(H,20,23)(H,21,24). The highest BCUT2D eigenvalue weighted by molar-refractivity contribution is 5.96. The lowest BCUT2D eigenvalue weighted by Crippen LogP contribution is -2.30. The van der Waals surface area contributed by atoms with E-state index >= 15 is 0 Å². The van der Waals surface area contributed by atoms with E-state index in [1.807, 2.05) is 44.2 Å². The molecule has 0 bridgehead atoms. The van der Waals surface area contributed by atoms with Crippen LogP contribution in [0.5, 0.6) is 0 Å². The van der Waals surface area contributed by atoms with Gasteiger partial charge in [-0.2, -0.15) is 0 Å². The molecular formula is C19H23N3O2. The zero-order valence-electron chi connectivity index (χ0n) is 14.1. The minimum Gasteiger partial charge on any atom is -0.350 e. The number of hydrogen-bond acceptors (Lipinski definition) is 3. The molecule has 2 N–H and O–H groups in total. The van der Waals surface area contributed by atoms with Crippen LogP contribution in [0.4, 0.5) is 0 Å². The van der Waals surface area contributed by atoms with E-state index in [0.717, 1.165) is 12.0 Å². The van der Waals surface area contributed by atoms with Gasteiger partial charge in [0.1, 0.15) is 11.4 Å². The van der Waals surface area contributed by atoms with Crippen molar-refractivity contribution in [2.24, 2.45) is 5.92 Å². The number of nitrogens with zero attached hydrogens (tertiary/aromatic N) is 1. The van der Waals surface area contributed by atoms with E-state index in [1.54, 1.807) is 18.2 Å². The summed E-state index contributed by atoms with van der Waals surface area (Å²) >= 11 is 0. The van der Waals surface area contributed by atoms with Crippen molar-refractivity contribution >= 4 is 11.8 Å². The molecule has 0 aliphatic heterocycles. The van der Waals surface area contributed by atoms with Crippen LogP contribution in [-0.4, -0.2) is 29.9 Å². The van der Waals surface area contributed by atoms with Crippen molar-refractivity contribution in [3.05, 3.63) is 65.5 Å². The second-order valence-electron chi connectivity index (χ2n) is 6.00. The first-order valence-corrected chi connectivity index (χ1v) is 8.13. The van der Waals surface area contributed by atoms with Gasteiger partial charge in [0.05, 0.1) is 0 Å². The molecule has 0 saturated heterocycles. The maximum atomic E-state index is 12.2. The number of carbonyl (C=O) groups is 2. The first-order valence-electron chi connectivity index (χ1n) is 8.13. The molecule has 2 rings (SSSR count). The van der Waals surface area contributed by atoms with Crippen LogP contribution in [0.1, 0.15) is 40.4 Å². The summed E-state index contributed by atoms with van der Waals surface area (Å²) in [6.45, 7) is 5.14. The number of pyridine rings is 1. The van der Waals surface area contributed by atoms with Crippen molar-refractivity contribution in [2.75, 3.05) is 13.1 Å². The van der Waals surface area contributed by atoms with Crippen molar-refractivity contribution in [1.82, 2.24) is 15.6 Å². The molecule has 1 aromatic carbocycles. The molecule has 0 spiro atoms. The van der Waals surface area contributed by atoms with Crippen molar-refractivity contribution in [3.63, 3.8) is 0 Å². The molecule has 126 valence electrons. The van der Waals surface area contributed by atoms with Gasteiger partial charge in [-0.05, 0) is 30.0 Å². The molecule has 5 heteroatoms. The molecule has 0 fully saturated rings. The largest absolute Gasteiger partial charge is 0.350 e. The van der Waals surface area contributed by atoms with Crippen LogP contribution in [0.15, 0.2) is 48.5 Å². The highest BCUT2D eigenvalue weighted by Crippen LogP contribution is 2.02. The quantitative estimate of drug-likeness (QED) is 0.821. The second-order valence-corrected chi connectivity index (χ2v) is 6.00. The molecule has 0 aliphatic rings. The fourth-order valence-corrected chi connectivity index (χ4v) is 2.13. The zero-order valence-corrected chi connectivity index (χ0v) is 14.1. The molecule has 0 unspecified atom stereocenters. The Labute approximate surface area is 142 Å². The molecule has 24 heavy (non-hydrogen) atoms. The summed E-state index contributed by atoms with van der Waals surface area (Å²) < 4.78 is 0. The molecule has 2 aromatic rings. The van der Waals surface area contributed by atoms with Gasteiger partial charge >= 0.3 is 0 Å². The number of hydrogen-bond donors (Lipinski definition) is 2. The van der Waals surface area contributed by atoms with Crippen molar-refractivity contribution in [3.8, 4) is 0 Å². The zero-order chi connectivity index (χ0) is 17.4. The predicted octanol–water partition coefficient (Wildman–Crippen LogP) is 2.44. The fraction of sp³-hybridized carbons (Fsp3) is 0.316. The normalized spacial score (nSPS) is 10.5. The Balaban J connectivity index is 1.90. The second kappa shape index (κ2) is 8.82. The van der Waals surface area contributed by atoms with E-state index in [2.05, 4.69) is 15.6 Å². The summed E-state index contributed by atoms with van der Waals surface area (Å²) in [5.41, 5.74) is 1.67. The highest BCUT2D eigenvalue weighted by atomic mass is 16.2. The Morgan fingerprint density at radius 2 is 1.54 bits per heavy atom. The summed E-state index contributed by atoms with van der Waals surface area (Å²) in [5.74, 6) is -0.175. The van der Waals surface area contributed by atoms with Crippen LogP contribution in [0.2, 0.25) is 0 Å². The third-order valence-electron chi connectivity index (χ3n) is 3.43. The molecule has 5 nitrogen and oxygen atoms in total. The number of benzene rings is 1. The van der Waals surface area contributed by atoms with Crippen LogP contribution >= 0.6 is 0 Å². The fourth-order valence-electron chi connectivity index (χ4n) is 2.13. The predicted molar refractivity (Wildman–Crippen MR) is 93.9 cm³/mol. The Hall–Kier alpha value is -2.69. The van der Waals surface area contributed by atoms with Gasteiger partial charge in [0.25, 0.3) is 11.8 Å². The van der Waals surface area contributed by atoms with E-state index in [1.165, 1.54) is 0 Å². The molecule has 1 aromatic heterocycles. The van der Waals surface area contributed by atoms with Crippen molar-refractivity contribution in [1.29, 1.82) is 0 Å². The summed E-state index contributed by atoms with van der Waals surface area (Å²) in [4.78, 5) is 28.3. The third-order valence-corrected chi connectivity index (χ3v) is 3.43. The monoisotopic (exact) mass is 325 g/mol. The number of aromatic nitrogens is 1. The van der Waals surface area contributed by atoms with Gasteiger partial charge in [0, 0.05) is 13.1 Å². The van der Waals surface area contributed by atoms with Gasteiger partial charge in [0.15, 0.2) is 0 Å². The molecule has 0 radical (unpaired) electrons. The van der Waals surface area contributed by atoms with Gasteiger partial charge < -0.3 is 10.6 Å². The summed E-state index contributed by atoms with van der Waals surface area (Å²) in [5, 5.41) is 5.63. The summed E-state index contributed by atoms with van der Waals surface area (Å²) in [6, 6.07) is 14.8. The molecule has 2 amide bonds. The van der Waals surface area contributed by atoms with Crippen molar-refractivity contribution < 1.29 is 9.59 Å². The lowest BCUT2D eigenvalue weighted by Gasteiger charge is -2.08. The summed E-state index contributed by atoms with van der Waals surface area (Å²) in [6.07, 6.45) is 0.751. The minimum absolute atomic E-state index is 0.250. The topological polar surface area (TPSA) is 71.1 Å². The van der Waals surface area contributed by atoms with E-state index in [0.29, 0.717) is 19.0 Å². The average Bonchev–Trinajstić information content (AvgIpc) is 2.60. The number of nitrogens with one attached hydrogen (secondary N) is 2. The van der Waals surface area contributed by atoms with E-state index < -0.39 is 0 Å². The van der Waals surface area contributed by atoms with Gasteiger partial charge in [-0.15, -0.1) is 0 Å². The number of carbonyl (C=O) groups excluding carboxylic acids is 2. The number of rotatable bonds is 7. The minimum atomic E-state index is -0.274. The van der Waals surface area contributed by atoms with Crippen LogP contribution in [0.25, 0.3) is 0 Å². The van der Waals surface area contributed by atoms with Crippen LogP contribution in [0, 0.1) is 5.92 Å². The maximum absolute atomic E-state index is 12.2. The molecule has 0 saturated carbocycles. The van der Waals surface area contributed by atoms with E-state index in [4.69, 9.17) is 0 Å². The van der Waals surface area contributed by atoms with Crippen molar-refractivity contribution in [2.45, 2.75) is 20.3 Å². The lowest BCUT2D eigenvalue weighted by atomic mass is 10.1. The van der Waals surface area contributed by atoms with E-state index in [9.17, 15) is 9.59 Å². The molecule has 0 aliphatic carbocycles. The van der Waals surface area contributed by atoms with E-state index in [-0.39, 0.29) is 23.2 Å². The summed E-state index contributed by atoms with van der Waals surface area (Å²) in [7, 11) is 0. The smallest absolute Gasteiger partial charge is 0.269 e. The lowest BCUT2D eigenvalue weighted by molar-refractivity contribution is 0.0941. The highest BCUT2D eigenvalue weighted by Gasteiger charge is 2.12.